The minimum absolute atomic E-state index is 0.157. The van der Waals surface area contributed by atoms with Gasteiger partial charge in [0, 0.05) is 0 Å². The van der Waals surface area contributed by atoms with Gasteiger partial charge in [-0.1, -0.05) is 12.8 Å². The predicted molar refractivity (Wildman–Crippen MR) is 93.3 cm³/mol. The number of amides is 2. The number of nitrogens with zero attached hydrogens (tertiary/aromatic N) is 2. The Kier molecular flexibility index (Phi) is 5.48. The third-order valence-electron chi connectivity index (χ3n) is 4.84. The highest BCUT2D eigenvalue weighted by Crippen LogP contribution is 2.27. The van der Waals surface area contributed by atoms with Crippen LogP contribution in [0.4, 0.5) is 5.69 Å². The van der Waals surface area contributed by atoms with Crippen LogP contribution in [-0.2, 0) is 14.3 Å². The molecule has 0 saturated carbocycles. The monoisotopic (exact) mass is 344 g/mol. The van der Waals surface area contributed by atoms with Crippen LogP contribution in [0.1, 0.15) is 49.4 Å². The first-order chi connectivity index (χ1) is 12.1. The molecular weight excluding hydrogens is 320 g/mol. The van der Waals surface area contributed by atoms with Crippen LogP contribution in [0.3, 0.4) is 0 Å². The molecule has 1 atom stereocenters. The summed E-state index contributed by atoms with van der Waals surface area (Å²) < 4.78 is 4.95. The highest BCUT2D eigenvalue weighted by atomic mass is 16.5. The van der Waals surface area contributed by atoms with Crippen molar-refractivity contribution in [3.8, 4) is 0 Å². The van der Waals surface area contributed by atoms with Crippen LogP contribution in [-0.4, -0.2) is 48.4 Å². The number of likely N-dealkylation sites (tertiary alicyclic amines) is 1. The van der Waals surface area contributed by atoms with Gasteiger partial charge < -0.3 is 4.74 Å². The van der Waals surface area contributed by atoms with E-state index in [9.17, 15) is 14.4 Å². The van der Waals surface area contributed by atoms with Crippen LogP contribution in [0.5, 0.6) is 0 Å². The number of benzene rings is 1. The molecule has 2 amide bonds. The Morgan fingerprint density at radius 2 is 1.72 bits per heavy atom. The van der Waals surface area contributed by atoms with Crippen molar-refractivity contribution in [2.75, 3.05) is 24.6 Å². The second kappa shape index (κ2) is 7.78. The first kappa shape index (κ1) is 17.6. The third kappa shape index (κ3) is 3.74. The molecule has 25 heavy (non-hydrogen) atoms. The standard InChI is InChI=1S/C19H24N2O4/c1-2-25-19(24)14-7-9-15(10-8-14)21-17(22)13-16(18(21)23)20-11-5-3-4-6-12-20/h7-10,16H,2-6,11-13H2,1H3. The summed E-state index contributed by atoms with van der Waals surface area (Å²) in [7, 11) is 0. The minimum Gasteiger partial charge on any atom is -0.462 e. The summed E-state index contributed by atoms with van der Waals surface area (Å²) in [6, 6.07) is 6.09. The lowest BCUT2D eigenvalue weighted by molar-refractivity contribution is -0.122. The van der Waals surface area contributed by atoms with Crippen LogP contribution >= 0.6 is 0 Å². The van der Waals surface area contributed by atoms with E-state index in [1.165, 1.54) is 17.7 Å². The van der Waals surface area contributed by atoms with E-state index in [0.29, 0.717) is 17.9 Å². The van der Waals surface area contributed by atoms with Crippen molar-refractivity contribution in [3.63, 3.8) is 0 Å². The fourth-order valence-corrected chi connectivity index (χ4v) is 3.54. The molecule has 2 aliphatic heterocycles. The second-order valence-corrected chi connectivity index (χ2v) is 6.50. The van der Waals surface area contributed by atoms with Crippen LogP contribution < -0.4 is 4.90 Å². The van der Waals surface area contributed by atoms with E-state index in [1.54, 1.807) is 31.2 Å². The summed E-state index contributed by atoms with van der Waals surface area (Å²) in [4.78, 5) is 40.4. The normalized spacial score (nSPS) is 22.1. The predicted octanol–water partition coefficient (Wildman–Crippen LogP) is 2.37. The summed E-state index contributed by atoms with van der Waals surface area (Å²) in [5, 5.41) is 0. The van der Waals surface area contributed by atoms with Crippen LogP contribution in [0.2, 0.25) is 0 Å². The van der Waals surface area contributed by atoms with Crippen molar-refractivity contribution in [1.82, 2.24) is 4.90 Å². The lowest BCUT2D eigenvalue weighted by Gasteiger charge is -2.25. The lowest BCUT2D eigenvalue weighted by atomic mass is 10.2. The highest BCUT2D eigenvalue weighted by Gasteiger charge is 2.42. The number of anilines is 1. The van der Waals surface area contributed by atoms with Gasteiger partial charge in [-0.3, -0.25) is 14.5 Å². The van der Waals surface area contributed by atoms with E-state index in [0.717, 1.165) is 25.9 Å². The Labute approximate surface area is 147 Å². The maximum atomic E-state index is 12.8. The van der Waals surface area contributed by atoms with Gasteiger partial charge in [-0.25, -0.2) is 9.69 Å². The number of esters is 1. The second-order valence-electron chi connectivity index (χ2n) is 6.50. The highest BCUT2D eigenvalue weighted by molar-refractivity contribution is 6.22. The van der Waals surface area contributed by atoms with Crippen LogP contribution in [0.25, 0.3) is 0 Å². The zero-order chi connectivity index (χ0) is 17.8. The average Bonchev–Trinajstić information content (AvgIpc) is 2.80. The van der Waals surface area contributed by atoms with Crippen molar-refractivity contribution < 1.29 is 19.1 Å². The smallest absolute Gasteiger partial charge is 0.338 e. The van der Waals surface area contributed by atoms with Gasteiger partial charge in [0.05, 0.1) is 30.3 Å². The zero-order valence-corrected chi connectivity index (χ0v) is 14.6. The summed E-state index contributed by atoms with van der Waals surface area (Å²) in [5.41, 5.74) is 0.925. The van der Waals surface area contributed by atoms with E-state index in [4.69, 9.17) is 4.74 Å². The Hall–Kier alpha value is -2.21. The summed E-state index contributed by atoms with van der Waals surface area (Å²) in [5.74, 6) is -0.741. The van der Waals surface area contributed by atoms with Gasteiger partial charge in [0.15, 0.2) is 0 Å². The number of ether oxygens (including phenoxy) is 1. The minimum atomic E-state index is -0.407. The summed E-state index contributed by atoms with van der Waals surface area (Å²) >= 11 is 0. The molecule has 0 N–H and O–H groups in total. The van der Waals surface area contributed by atoms with Gasteiger partial charge >= 0.3 is 5.97 Å². The van der Waals surface area contributed by atoms with Crippen molar-refractivity contribution in [3.05, 3.63) is 29.8 Å². The maximum Gasteiger partial charge on any atom is 0.338 e. The van der Waals surface area contributed by atoms with E-state index in [-0.39, 0.29) is 24.3 Å². The van der Waals surface area contributed by atoms with Crippen LogP contribution in [0, 0.1) is 0 Å². The number of hydrogen-bond acceptors (Lipinski definition) is 5. The number of rotatable bonds is 4. The summed E-state index contributed by atoms with van der Waals surface area (Å²) in [6.45, 7) is 3.80. The molecule has 2 fully saturated rings. The fourth-order valence-electron chi connectivity index (χ4n) is 3.54. The van der Waals surface area contributed by atoms with Gasteiger partial charge in [0.25, 0.3) is 5.91 Å². The van der Waals surface area contributed by atoms with E-state index >= 15 is 0 Å². The zero-order valence-electron chi connectivity index (χ0n) is 14.6. The molecule has 0 spiro atoms. The Morgan fingerprint density at radius 3 is 2.32 bits per heavy atom. The van der Waals surface area contributed by atoms with Crippen LogP contribution in [0.15, 0.2) is 24.3 Å². The van der Waals surface area contributed by atoms with Gasteiger partial charge in [0.2, 0.25) is 5.91 Å². The molecule has 2 aliphatic rings. The van der Waals surface area contributed by atoms with Crippen molar-refractivity contribution >= 4 is 23.5 Å². The maximum absolute atomic E-state index is 12.8. The molecule has 0 bridgehead atoms. The topological polar surface area (TPSA) is 66.9 Å². The van der Waals surface area contributed by atoms with Gasteiger partial charge in [-0.05, 0) is 57.1 Å². The average molecular weight is 344 g/mol. The molecule has 6 nitrogen and oxygen atoms in total. The van der Waals surface area contributed by atoms with E-state index in [1.807, 2.05) is 0 Å². The Bertz CT molecular complexity index is 648. The lowest BCUT2D eigenvalue weighted by Crippen LogP contribution is -2.42. The fraction of sp³-hybridized carbons (Fsp3) is 0.526. The SMILES string of the molecule is CCOC(=O)c1ccc(N2C(=O)CC(N3CCCCCC3)C2=O)cc1. The van der Waals surface area contributed by atoms with Gasteiger partial charge in [-0.15, -0.1) is 0 Å². The molecule has 6 heteroatoms. The molecule has 2 saturated heterocycles. The molecule has 1 unspecified atom stereocenters. The number of carbonyl (C=O) groups is 3. The quantitative estimate of drug-likeness (QED) is 0.620. The first-order valence-corrected chi connectivity index (χ1v) is 9.00. The molecule has 0 aliphatic carbocycles. The summed E-state index contributed by atoms with van der Waals surface area (Å²) in [6.07, 6.45) is 4.76. The van der Waals surface area contributed by atoms with E-state index in [2.05, 4.69) is 4.90 Å². The Morgan fingerprint density at radius 1 is 1.08 bits per heavy atom. The molecule has 134 valence electrons. The van der Waals surface area contributed by atoms with Gasteiger partial charge in [-0.2, -0.15) is 0 Å². The number of hydrogen-bond donors (Lipinski definition) is 0. The molecule has 0 radical (unpaired) electrons. The van der Waals surface area contributed by atoms with Crippen molar-refractivity contribution in [2.45, 2.75) is 45.1 Å². The molecule has 0 aromatic heterocycles. The largest absolute Gasteiger partial charge is 0.462 e. The number of imide groups is 1. The first-order valence-electron chi connectivity index (χ1n) is 9.00. The molecule has 1 aromatic carbocycles. The molecular formula is C19H24N2O4. The van der Waals surface area contributed by atoms with Gasteiger partial charge in [0.1, 0.15) is 0 Å². The molecule has 2 heterocycles. The van der Waals surface area contributed by atoms with E-state index < -0.39 is 5.97 Å². The third-order valence-corrected chi connectivity index (χ3v) is 4.84. The molecule has 1 aromatic rings. The molecule has 3 rings (SSSR count). The van der Waals surface area contributed by atoms with Crippen molar-refractivity contribution in [2.24, 2.45) is 0 Å². The number of carbonyl (C=O) groups excluding carboxylic acids is 3. The Balaban J connectivity index is 1.74. The van der Waals surface area contributed by atoms with Crippen molar-refractivity contribution in [1.29, 1.82) is 0 Å².